The van der Waals surface area contributed by atoms with Gasteiger partial charge < -0.3 is 9.22 Å². The first kappa shape index (κ1) is 20.1. The number of thiazole rings is 1. The van der Waals surface area contributed by atoms with Crippen molar-refractivity contribution in [2.75, 3.05) is 38.1 Å². The number of anilines is 1. The summed E-state index contributed by atoms with van der Waals surface area (Å²) < 4.78 is 6.67. The van der Waals surface area contributed by atoms with Crippen LogP contribution in [0.2, 0.25) is 5.15 Å². The molecule has 0 saturated carbocycles. The van der Waals surface area contributed by atoms with Crippen molar-refractivity contribution in [3.8, 4) is 10.6 Å². The molecule has 5 nitrogen and oxygen atoms in total. The van der Waals surface area contributed by atoms with Gasteiger partial charge in [-0.1, -0.05) is 23.7 Å². The molecule has 0 atom stereocenters. The Balaban J connectivity index is 1.49. The topological polar surface area (TPSA) is 51.2 Å². The zero-order chi connectivity index (χ0) is 19.3. The number of amides is 1. The highest BCUT2D eigenvalue weighted by Gasteiger charge is 2.31. The van der Waals surface area contributed by atoms with Crippen molar-refractivity contribution >= 4 is 34.7 Å². The summed E-state index contributed by atoms with van der Waals surface area (Å²) in [4.78, 5) is 16.4. The third-order valence-corrected chi connectivity index (χ3v) is 6.86. The first-order chi connectivity index (χ1) is 13.0. The Morgan fingerprint density at radius 3 is 2.70 bits per heavy atom. The molecule has 2 aromatic rings. The van der Waals surface area contributed by atoms with Crippen LogP contribution in [0.3, 0.4) is 0 Å². The lowest BCUT2D eigenvalue weighted by Crippen LogP contribution is -2.53. The van der Waals surface area contributed by atoms with Crippen molar-refractivity contribution in [2.45, 2.75) is 26.7 Å². The summed E-state index contributed by atoms with van der Waals surface area (Å²) in [6, 6.07) is 7.55. The largest absolute Gasteiger partial charge is 0.449 e. The van der Waals surface area contributed by atoms with Crippen LogP contribution in [-0.2, 0) is 4.74 Å². The molecule has 0 spiro atoms. The van der Waals surface area contributed by atoms with Crippen molar-refractivity contribution in [2.24, 2.45) is 5.92 Å². The van der Waals surface area contributed by atoms with Crippen molar-refractivity contribution in [3.05, 3.63) is 34.8 Å². The smallest absolute Gasteiger partial charge is 0.411 e. The number of hydrogen-bond acceptors (Lipinski definition) is 4. The molecule has 1 fully saturated rings. The molecule has 1 amide bonds. The molecule has 0 aliphatic carbocycles. The number of likely N-dealkylation sites (tertiary alicyclic amines) is 1. The minimum absolute atomic E-state index is 0.401. The van der Waals surface area contributed by atoms with Crippen LogP contribution in [0.5, 0.6) is 0 Å². The van der Waals surface area contributed by atoms with E-state index in [1.54, 1.807) is 5.38 Å². The van der Waals surface area contributed by atoms with Gasteiger partial charge in [-0.25, -0.2) is 9.78 Å². The summed E-state index contributed by atoms with van der Waals surface area (Å²) in [5.74, 6) is 0.462. The Morgan fingerprint density at radius 2 is 2.07 bits per heavy atom. The number of nitrogens with zero attached hydrogens (tertiary/aromatic N) is 2. The highest BCUT2D eigenvalue weighted by molar-refractivity contribution is 7.13. The summed E-state index contributed by atoms with van der Waals surface area (Å²) in [5, 5.41) is 5.91. The lowest BCUT2D eigenvalue weighted by atomic mass is 9.95. The number of carbonyl (C=O) groups is 1. The number of rotatable bonds is 6. The van der Waals surface area contributed by atoms with Gasteiger partial charge in [-0.15, -0.1) is 11.3 Å². The van der Waals surface area contributed by atoms with Crippen LogP contribution < -0.4 is 5.32 Å². The maximum Gasteiger partial charge on any atom is 0.411 e. The second-order valence-corrected chi connectivity index (χ2v) is 8.39. The van der Waals surface area contributed by atoms with E-state index < -0.39 is 6.09 Å². The summed E-state index contributed by atoms with van der Waals surface area (Å²) in [7, 11) is 0. The van der Waals surface area contributed by atoms with Gasteiger partial charge in [0.15, 0.2) is 0 Å². The van der Waals surface area contributed by atoms with Crippen molar-refractivity contribution in [1.29, 1.82) is 0 Å². The first-order valence-electron chi connectivity index (χ1n) is 9.54. The Morgan fingerprint density at radius 1 is 1.33 bits per heavy atom. The lowest BCUT2D eigenvalue weighted by Gasteiger charge is -2.42. The van der Waals surface area contributed by atoms with Gasteiger partial charge in [0, 0.05) is 35.4 Å². The monoisotopic (exact) mass is 408 g/mol. The SMILES string of the molecule is CC[N+]1(CC)CCC(COC(=O)Nc2cccc(-c3nc(Cl)cs3)c2)CC1. The number of nitrogens with one attached hydrogen (secondary N) is 1. The molecule has 0 bridgehead atoms. The van der Waals surface area contributed by atoms with Gasteiger partial charge in [0.25, 0.3) is 0 Å². The summed E-state index contributed by atoms with van der Waals surface area (Å²) in [6.07, 6.45) is 1.84. The lowest BCUT2D eigenvalue weighted by molar-refractivity contribution is -0.930. The molecule has 0 radical (unpaired) electrons. The Labute approximate surface area is 169 Å². The average molecular weight is 409 g/mol. The number of ether oxygens (including phenoxy) is 1. The van der Waals surface area contributed by atoms with E-state index in [0.29, 0.717) is 23.4 Å². The van der Waals surface area contributed by atoms with Gasteiger partial charge in [-0.05, 0) is 26.0 Å². The van der Waals surface area contributed by atoms with Crippen LogP contribution in [0, 0.1) is 5.92 Å². The fourth-order valence-electron chi connectivity index (χ4n) is 3.66. The number of piperidine rings is 1. The molecule has 3 rings (SSSR count). The fourth-order valence-corrected chi connectivity index (χ4v) is 4.60. The van der Waals surface area contributed by atoms with E-state index >= 15 is 0 Å². The first-order valence-corrected chi connectivity index (χ1v) is 10.8. The van der Waals surface area contributed by atoms with Crippen LogP contribution in [0.25, 0.3) is 10.6 Å². The highest BCUT2D eigenvalue weighted by Crippen LogP contribution is 2.28. The third-order valence-electron chi connectivity index (χ3n) is 5.65. The number of carbonyl (C=O) groups excluding carboxylic acids is 1. The van der Waals surface area contributed by atoms with E-state index in [0.717, 1.165) is 23.4 Å². The maximum atomic E-state index is 12.2. The van der Waals surface area contributed by atoms with Gasteiger partial charge in [0.2, 0.25) is 0 Å². The average Bonchev–Trinajstić information content (AvgIpc) is 3.13. The highest BCUT2D eigenvalue weighted by atomic mass is 35.5. The van der Waals surface area contributed by atoms with Gasteiger partial charge in [-0.2, -0.15) is 0 Å². The number of benzene rings is 1. The minimum Gasteiger partial charge on any atom is -0.449 e. The van der Waals surface area contributed by atoms with E-state index in [1.807, 2.05) is 24.3 Å². The van der Waals surface area contributed by atoms with Crippen LogP contribution in [0.1, 0.15) is 26.7 Å². The molecule has 1 saturated heterocycles. The van der Waals surface area contributed by atoms with E-state index in [9.17, 15) is 4.79 Å². The van der Waals surface area contributed by atoms with E-state index in [-0.39, 0.29) is 0 Å². The predicted octanol–water partition coefficient (Wildman–Crippen LogP) is 5.28. The normalized spacial score (nSPS) is 16.9. The number of quaternary nitrogens is 1. The third kappa shape index (κ3) is 5.21. The van der Waals surface area contributed by atoms with Crippen molar-refractivity contribution < 1.29 is 14.0 Å². The zero-order valence-electron chi connectivity index (χ0n) is 15.9. The number of halogens is 1. The van der Waals surface area contributed by atoms with Gasteiger partial charge in [0.05, 0.1) is 32.8 Å². The molecule has 7 heteroatoms. The molecule has 1 N–H and O–H groups in total. The van der Waals surface area contributed by atoms with Gasteiger partial charge >= 0.3 is 6.09 Å². The molecule has 1 aliphatic heterocycles. The minimum atomic E-state index is -0.401. The Hall–Kier alpha value is -1.63. The standard InChI is InChI=1S/C20H26ClN3O2S/c1-3-24(4-2)10-8-15(9-11-24)13-26-20(25)22-17-7-5-6-16(12-17)19-23-18(21)14-27-19/h5-7,12,14-15H,3-4,8-11,13H2,1-2H3/p+1. The maximum absolute atomic E-state index is 12.2. The van der Waals surface area contributed by atoms with E-state index in [4.69, 9.17) is 16.3 Å². The summed E-state index contributed by atoms with van der Waals surface area (Å²) in [5.41, 5.74) is 1.62. The summed E-state index contributed by atoms with van der Waals surface area (Å²) >= 11 is 7.37. The van der Waals surface area contributed by atoms with Crippen LogP contribution in [0.15, 0.2) is 29.6 Å². The Bertz CT molecular complexity index is 766. The molecule has 1 aliphatic rings. The van der Waals surface area contributed by atoms with Crippen LogP contribution in [-0.4, -0.2) is 48.3 Å². The molecular weight excluding hydrogens is 382 g/mol. The van der Waals surface area contributed by atoms with Crippen molar-refractivity contribution in [1.82, 2.24) is 4.98 Å². The molecule has 146 valence electrons. The predicted molar refractivity (Wildman–Crippen MR) is 111 cm³/mol. The number of hydrogen-bond donors (Lipinski definition) is 1. The number of aromatic nitrogens is 1. The van der Waals surface area contributed by atoms with Crippen molar-refractivity contribution in [3.63, 3.8) is 0 Å². The molecular formula is C20H27ClN3O2S+. The van der Waals surface area contributed by atoms with Crippen LogP contribution in [0.4, 0.5) is 10.5 Å². The Kier molecular flexibility index (Phi) is 6.73. The van der Waals surface area contributed by atoms with Crippen LogP contribution >= 0.6 is 22.9 Å². The molecule has 2 heterocycles. The summed E-state index contributed by atoms with van der Waals surface area (Å²) in [6.45, 7) is 9.75. The van der Waals surface area contributed by atoms with E-state index in [1.165, 1.54) is 42.0 Å². The zero-order valence-corrected chi connectivity index (χ0v) is 17.5. The quantitative estimate of drug-likeness (QED) is 0.661. The van der Waals surface area contributed by atoms with E-state index in [2.05, 4.69) is 24.1 Å². The second kappa shape index (κ2) is 9.04. The van der Waals surface area contributed by atoms with Gasteiger partial charge in [-0.3, -0.25) is 5.32 Å². The fraction of sp³-hybridized carbons (Fsp3) is 0.500. The second-order valence-electron chi connectivity index (χ2n) is 7.14. The molecule has 0 unspecified atom stereocenters. The molecule has 1 aromatic carbocycles. The molecule has 27 heavy (non-hydrogen) atoms. The van der Waals surface area contributed by atoms with Gasteiger partial charge in [0.1, 0.15) is 10.2 Å². The molecule has 1 aromatic heterocycles.